The number of para-hydroxylation sites is 1. The van der Waals surface area contributed by atoms with Gasteiger partial charge in [0.05, 0.1) is 0 Å². The van der Waals surface area contributed by atoms with E-state index >= 15 is 0 Å². The highest BCUT2D eigenvalue weighted by Crippen LogP contribution is 2.25. The van der Waals surface area contributed by atoms with Gasteiger partial charge in [0.1, 0.15) is 12.6 Å². The van der Waals surface area contributed by atoms with Crippen molar-refractivity contribution in [1.82, 2.24) is 0 Å². The van der Waals surface area contributed by atoms with Crippen LogP contribution in [0.25, 0.3) is 0 Å². The summed E-state index contributed by atoms with van der Waals surface area (Å²) < 4.78 is 5.21. The van der Waals surface area contributed by atoms with E-state index in [4.69, 9.17) is 10.5 Å². The number of rotatable bonds is 4. The molecule has 0 amide bonds. The summed E-state index contributed by atoms with van der Waals surface area (Å²) in [5.74, 6) is 0. The van der Waals surface area contributed by atoms with Gasteiger partial charge < -0.3 is 15.4 Å². The fourth-order valence-corrected chi connectivity index (χ4v) is 2.47. The number of benzene rings is 1. The first-order chi connectivity index (χ1) is 8.61. The Morgan fingerprint density at radius 2 is 2.06 bits per heavy atom. The lowest BCUT2D eigenvalue weighted by Crippen LogP contribution is -2.33. The van der Waals surface area contributed by atoms with Crippen LogP contribution >= 0.6 is 0 Å². The van der Waals surface area contributed by atoms with Crippen molar-refractivity contribution < 1.29 is 4.74 Å². The smallest absolute Gasteiger partial charge is 0.282 e. The summed E-state index contributed by atoms with van der Waals surface area (Å²) in [5.41, 5.74) is 9.45. The van der Waals surface area contributed by atoms with Crippen molar-refractivity contribution in [3.05, 3.63) is 29.3 Å². The number of nitrogens with zero attached hydrogens (tertiary/aromatic N) is 2. The van der Waals surface area contributed by atoms with Crippen LogP contribution in [-0.4, -0.2) is 31.8 Å². The molecule has 0 saturated carbocycles. The van der Waals surface area contributed by atoms with E-state index in [-0.39, 0.29) is 6.04 Å². The van der Waals surface area contributed by atoms with Gasteiger partial charge in [-0.2, -0.15) is 0 Å². The largest absolute Gasteiger partial charge is 0.463 e. The number of likely N-dealkylation sites (N-methyl/N-ethyl adjacent to an activating group) is 1. The maximum Gasteiger partial charge on any atom is 0.282 e. The van der Waals surface area contributed by atoms with Crippen molar-refractivity contribution in [2.24, 2.45) is 10.7 Å². The molecule has 0 saturated heterocycles. The predicted molar refractivity (Wildman–Crippen MR) is 75.2 cm³/mol. The van der Waals surface area contributed by atoms with Gasteiger partial charge in [-0.1, -0.05) is 18.2 Å². The van der Waals surface area contributed by atoms with Crippen LogP contribution in [0, 0.1) is 13.8 Å². The lowest BCUT2D eigenvalue weighted by atomic mass is 10.1. The van der Waals surface area contributed by atoms with Crippen molar-refractivity contribution in [1.29, 1.82) is 0 Å². The average Bonchev–Trinajstić information content (AvgIpc) is 2.73. The summed E-state index contributed by atoms with van der Waals surface area (Å²) in [4.78, 5) is 6.64. The second-order valence-corrected chi connectivity index (χ2v) is 4.71. The van der Waals surface area contributed by atoms with Crippen molar-refractivity contribution in [3.8, 4) is 0 Å². The quantitative estimate of drug-likeness (QED) is 0.883. The van der Waals surface area contributed by atoms with Crippen molar-refractivity contribution >= 4 is 11.7 Å². The van der Waals surface area contributed by atoms with Gasteiger partial charge in [0.2, 0.25) is 0 Å². The van der Waals surface area contributed by atoms with Gasteiger partial charge in [-0.05, 0) is 31.9 Å². The maximum absolute atomic E-state index is 5.55. The first-order valence-corrected chi connectivity index (χ1v) is 6.39. The van der Waals surface area contributed by atoms with E-state index in [0.29, 0.717) is 12.6 Å². The number of aliphatic imine (C=N–C) groups is 1. The van der Waals surface area contributed by atoms with Gasteiger partial charge in [-0.3, -0.25) is 0 Å². The topological polar surface area (TPSA) is 50.9 Å². The second-order valence-electron chi connectivity index (χ2n) is 4.71. The van der Waals surface area contributed by atoms with Gasteiger partial charge in [0.15, 0.2) is 0 Å². The molecule has 1 aliphatic heterocycles. The monoisotopic (exact) mass is 247 g/mol. The third-order valence-electron chi connectivity index (χ3n) is 3.30. The van der Waals surface area contributed by atoms with E-state index in [1.54, 1.807) is 0 Å². The highest BCUT2D eigenvalue weighted by atomic mass is 16.5. The van der Waals surface area contributed by atoms with Crippen molar-refractivity contribution in [3.63, 3.8) is 0 Å². The second kappa shape index (κ2) is 5.29. The summed E-state index contributed by atoms with van der Waals surface area (Å²) in [5, 5.41) is 0. The molecule has 1 heterocycles. The van der Waals surface area contributed by atoms with Gasteiger partial charge in [0.25, 0.3) is 6.02 Å². The minimum atomic E-state index is 0.143. The molecule has 0 spiro atoms. The zero-order chi connectivity index (χ0) is 13.1. The Morgan fingerprint density at radius 1 is 1.39 bits per heavy atom. The molecule has 4 nitrogen and oxygen atoms in total. The molecule has 0 bridgehead atoms. The van der Waals surface area contributed by atoms with Crippen LogP contribution in [0.4, 0.5) is 5.69 Å². The molecule has 0 radical (unpaired) electrons. The Hall–Kier alpha value is -1.71. The van der Waals surface area contributed by atoms with E-state index < -0.39 is 0 Å². The zero-order valence-corrected chi connectivity index (χ0v) is 11.3. The van der Waals surface area contributed by atoms with Crippen molar-refractivity contribution in [2.45, 2.75) is 26.8 Å². The Balaban J connectivity index is 2.18. The summed E-state index contributed by atoms with van der Waals surface area (Å²) in [6.45, 7) is 8.85. The molecular formula is C14H21N3O. The Kier molecular flexibility index (Phi) is 3.75. The fourth-order valence-electron chi connectivity index (χ4n) is 2.47. The van der Waals surface area contributed by atoms with Crippen LogP contribution in [0.3, 0.4) is 0 Å². The number of anilines is 1. The van der Waals surface area contributed by atoms with Crippen LogP contribution in [0.5, 0.6) is 0 Å². The molecule has 1 aromatic rings. The van der Waals surface area contributed by atoms with E-state index in [1.165, 1.54) is 16.8 Å². The molecule has 1 atom stereocenters. The molecular weight excluding hydrogens is 226 g/mol. The lowest BCUT2D eigenvalue weighted by molar-refractivity contribution is 0.313. The highest BCUT2D eigenvalue weighted by Gasteiger charge is 2.21. The third-order valence-corrected chi connectivity index (χ3v) is 3.30. The molecule has 4 heteroatoms. The Bertz CT molecular complexity index is 436. The standard InChI is InChI=1S/C14H21N3O/c1-4-17(8-12-9-18-14(15)16-12)13-10(2)6-5-7-11(13)3/h5-7,12H,4,8-9H2,1-3H3,(H2,15,16)/t12-/m0/s1. The molecule has 0 fully saturated rings. The normalized spacial score (nSPS) is 18.4. The van der Waals surface area contributed by atoms with Gasteiger partial charge in [0, 0.05) is 18.8 Å². The molecule has 2 rings (SSSR count). The van der Waals surface area contributed by atoms with E-state index in [2.05, 4.69) is 48.9 Å². The first-order valence-electron chi connectivity index (χ1n) is 6.39. The maximum atomic E-state index is 5.55. The highest BCUT2D eigenvalue weighted by molar-refractivity contribution is 5.73. The van der Waals surface area contributed by atoms with Crippen LogP contribution in [0.2, 0.25) is 0 Å². The van der Waals surface area contributed by atoms with E-state index in [1.807, 2.05) is 0 Å². The molecule has 1 aromatic carbocycles. The number of hydrogen-bond donors (Lipinski definition) is 1. The molecule has 0 unspecified atom stereocenters. The van der Waals surface area contributed by atoms with Crippen LogP contribution in [-0.2, 0) is 4.74 Å². The number of ether oxygens (including phenoxy) is 1. The Morgan fingerprint density at radius 3 is 2.56 bits per heavy atom. The molecule has 1 aliphatic rings. The van der Waals surface area contributed by atoms with E-state index in [9.17, 15) is 0 Å². The summed E-state index contributed by atoms with van der Waals surface area (Å²) in [6.07, 6.45) is 0. The molecule has 18 heavy (non-hydrogen) atoms. The zero-order valence-electron chi connectivity index (χ0n) is 11.3. The number of aryl methyl sites for hydroxylation is 2. The lowest BCUT2D eigenvalue weighted by Gasteiger charge is -2.28. The van der Waals surface area contributed by atoms with Crippen LogP contribution in [0.15, 0.2) is 23.2 Å². The van der Waals surface area contributed by atoms with Crippen LogP contribution in [0.1, 0.15) is 18.1 Å². The SMILES string of the molecule is CCN(C[C@H]1COC(N)=N1)c1c(C)cccc1C. The molecule has 0 aliphatic carbocycles. The van der Waals surface area contributed by atoms with Gasteiger partial charge >= 0.3 is 0 Å². The predicted octanol–water partition coefficient (Wildman–Crippen LogP) is 1.84. The van der Waals surface area contributed by atoms with Gasteiger partial charge in [-0.25, -0.2) is 4.99 Å². The van der Waals surface area contributed by atoms with Gasteiger partial charge in [-0.15, -0.1) is 0 Å². The minimum Gasteiger partial charge on any atom is -0.463 e. The molecule has 98 valence electrons. The molecule has 0 aromatic heterocycles. The first kappa shape index (κ1) is 12.7. The summed E-state index contributed by atoms with van der Waals surface area (Å²) in [7, 11) is 0. The summed E-state index contributed by atoms with van der Waals surface area (Å²) >= 11 is 0. The minimum absolute atomic E-state index is 0.143. The fraction of sp³-hybridized carbons (Fsp3) is 0.500. The number of hydrogen-bond acceptors (Lipinski definition) is 4. The summed E-state index contributed by atoms with van der Waals surface area (Å²) in [6, 6.07) is 6.85. The Labute approximate surface area is 108 Å². The third kappa shape index (κ3) is 2.58. The van der Waals surface area contributed by atoms with Crippen LogP contribution < -0.4 is 10.6 Å². The number of amidine groups is 1. The van der Waals surface area contributed by atoms with E-state index in [0.717, 1.165) is 13.1 Å². The van der Waals surface area contributed by atoms with Crippen molar-refractivity contribution in [2.75, 3.05) is 24.6 Å². The molecule has 2 N–H and O–H groups in total. The number of nitrogens with two attached hydrogens (primary N) is 1. The average molecular weight is 247 g/mol.